The van der Waals surface area contributed by atoms with Gasteiger partial charge < -0.3 is 20.7 Å². The Morgan fingerprint density at radius 1 is 1.12 bits per heavy atom. The van der Waals surface area contributed by atoms with E-state index in [1.54, 1.807) is 4.90 Å². The van der Waals surface area contributed by atoms with Crippen LogP contribution in [-0.4, -0.2) is 36.3 Å². The molecule has 1 aliphatic heterocycles. The number of carbonyl (C=O) groups is 4. The molecular weight excluding hydrogens is 422 g/mol. The number of esters is 1. The Balaban J connectivity index is 1.61. The number of nitrogens with two attached hydrogens (primary N) is 1. The lowest BCUT2D eigenvalue weighted by Gasteiger charge is -2.23. The van der Waals surface area contributed by atoms with Gasteiger partial charge in [0.15, 0.2) is 6.10 Å². The number of amides is 3. The minimum absolute atomic E-state index is 0.0383. The molecule has 3 amide bonds. The quantitative estimate of drug-likeness (QED) is 0.598. The lowest BCUT2D eigenvalue weighted by atomic mass is 9.96. The molecule has 1 aliphatic rings. The van der Waals surface area contributed by atoms with Crippen LogP contribution in [0.4, 0.5) is 11.4 Å². The summed E-state index contributed by atoms with van der Waals surface area (Å²) in [6.07, 6.45) is -0.0798. The highest BCUT2D eigenvalue weighted by Crippen LogP contribution is 2.33. The molecule has 1 heterocycles. The van der Waals surface area contributed by atoms with Gasteiger partial charge in [0.1, 0.15) is 0 Å². The number of rotatable bonds is 8. The molecule has 3 N–H and O–H groups in total. The first kappa shape index (κ1) is 24.0. The Hall–Kier alpha value is -3.68. The van der Waals surface area contributed by atoms with E-state index >= 15 is 0 Å². The first-order valence-electron chi connectivity index (χ1n) is 11.0. The van der Waals surface area contributed by atoms with Crippen molar-refractivity contribution in [3.8, 4) is 0 Å². The van der Waals surface area contributed by atoms with Crippen LogP contribution in [0.1, 0.15) is 55.5 Å². The third-order valence-corrected chi connectivity index (χ3v) is 5.93. The molecular formula is C25H29N3O5. The average Bonchev–Trinajstić information content (AvgIpc) is 3.20. The standard InChI is InChI=1S/C25H29N3O5/c1-4-15(2)20-7-5-6-8-21(20)28-14-18(13-22(28)29)25(32)33-16(3)24(31)27-19-11-9-17(10-12-19)23(26)30/h5-12,15-16,18H,4,13-14H2,1-3H3,(H2,26,30)(H,27,31). The van der Waals surface area contributed by atoms with Crippen molar-refractivity contribution in [2.75, 3.05) is 16.8 Å². The molecule has 8 heteroatoms. The van der Waals surface area contributed by atoms with Gasteiger partial charge in [-0.1, -0.05) is 32.0 Å². The van der Waals surface area contributed by atoms with Crippen molar-refractivity contribution in [2.24, 2.45) is 11.7 Å². The summed E-state index contributed by atoms with van der Waals surface area (Å²) in [7, 11) is 0. The van der Waals surface area contributed by atoms with E-state index < -0.39 is 29.8 Å². The highest BCUT2D eigenvalue weighted by molar-refractivity contribution is 6.01. The number of nitrogens with zero attached hydrogens (tertiary/aromatic N) is 1. The highest BCUT2D eigenvalue weighted by atomic mass is 16.5. The molecule has 1 saturated heterocycles. The Labute approximate surface area is 193 Å². The SMILES string of the molecule is CCC(C)c1ccccc1N1CC(C(=O)OC(C)C(=O)Nc2ccc(C(N)=O)cc2)CC1=O. The highest BCUT2D eigenvalue weighted by Gasteiger charge is 2.38. The van der Waals surface area contributed by atoms with Gasteiger partial charge in [0.2, 0.25) is 11.8 Å². The second-order valence-corrected chi connectivity index (χ2v) is 8.28. The molecule has 3 rings (SSSR count). The second kappa shape index (κ2) is 10.3. The van der Waals surface area contributed by atoms with Crippen molar-refractivity contribution in [3.63, 3.8) is 0 Å². The van der Waals surface area contributed by atoms with E-state index in [0.717, 1.165) is 17.7 Å². The number of ether oxygens (including phenoxy) is 1. The van der Waals surface area contributed by atoms with Crippen LogP contribution in [-0.2, 0) is 19.1 Å². The largest absolute Gasteiger partial charge is 0.452 e. The molecule has 3 atom stereocenters. The monoisotopic (exact) mass is 451 g/mol. The van der Waals surface area contributed by atoms with Gasteiger partial charge in [-0.2, -0.15) is 0 Å². The van der Waals surface area contributed by atoms with Gasteiger partial charge in [-0.3, -0.25) is 19.2 Å². The van der Waals surface area contributed by atoms with Crippen LogP contribution < -0.4 is 16.0 Å². The number of hydrogen-bond acceptors (Lipinski definition) is 5. The van der Waals surface area contributed by atoms with Crippen molar-refractivity contribution in [1.29, 1.82) is 0 Å². The Morgan fingerprint density at radius 3 is 2.42 bits per heavy atom. The van der Waals surface area contributed by atoms with E-state index in [-0.39, 0.29) is 24.8 Å². The van der Waals surface area contributed by atoms with Crippen molar-refractivity contribution < 1.29 is 23.9 Å². The predicted octanol–water partition coefficient (Wildman–Crippen LogP) is 3.22. The van der Waals surface area contributed by atoms with Gasteiger partial charge >= 0.3 is 5.97 Å². The number of primary amides is 1. The lowest BCUT2D eigenvalue weighted by molar-refractivity contribution is -0.157. The van der Waals surface area contributed by atoms with Gasteiger partial charge in [-0.15, -0.1) is 0 Å². The zero-order chi connectivity index (χ0) is 24.1. The van der Waals surface area contributed by atoms with Crippen LogP contribution in [0.3, 0.4) is 0 Å². The molecule has 3 unspecified atom stereocenters. The zero-order valence-corrected chi connectivity index (χ0v) is 19.0. The minimum atomic E-state index is -1.05. The van der Waals surface area contributed by atoms with Gasteiger partial charge in [-0.25, -0.2) is 0 Å². The topological polar surface area (TPSA) is 119 Å². The van der Waals surface area contributed by atoms with E-state index in [2.05, 4.69) is 19.2 Å². The van der Waals surface area contributed by atoms with Gasteiger partial charge in [-0.05, 0) is 55.2 Å². The summed E-state index contributed by atoms with van der Waals surface area (Å²) in [6.45, 7) is 5.88. The minimum Gasteiger partial charge on any atom is -0.452 e. The maximum atomic E-state index is 12.7. The van der Waals surface area contributed by atoms with Crippen molar-refractivity contribution in [3.05, 3.63) is 59.7 Å². The molecule has 0 bridgehead atoms. The van der Waals surface area contributed by atoms with Crippen LogP contribution in [0.5, 0.6) is 0 Å². The molecule has 1 fully saturated rings. The summed E-state index contributed by atoms with van der Waals surface area (Å²) in [6, 6.07) is 13.8. The number of benzene rings is 2. The summed E-state index contributed by atoms with van der Waals surface area (Å²) in [4.78, 5) is 50.6. The fraction of sp³-hybridized carbons (Fsp3) is 0.360. The van der Waals surface area contributed by atoms with Gasteiger partial charge in [0.05, 0.1) is 5.92 Å². The number of nitrogens with one attached hydrogen (secondary N) is 1. The second-order valence-electron chi connectivity index (χ2n) is 8.28. The Morgan fingerprint density at radius 2 is 1.79 bits per heavy atom. The van der Waals surface area contributed by atoms with E-state index in [9.17, 15) is 19.2 Å². The normalized spacial score (nSPS) is 17.4. The van der Waals surface area contributed by atoms with Crippen LogP contribution in [0, 0.1) is 5.92 Å². The summed E-state index contributed by atoms with van der Waals surface area (Å²) in [5.74, 6) is -2.17. The fourth-order valence-corrected chi connectivity index (χ4v) is 3.75. The number of anilines is 2. The molecule has 0 radical (unpaired) electrons. The molecule has 2 aromatic rings. The first-order valence-corrected chi connectivity index (χ1v) is 11.0. The summed E-state index contributed by atoms with van der Waals surface area (Å²) >= 11 is 0. The first-order chi connectivity index (χ1) is 15.7. The maximum absolute atomic E-state index is 12.7. The summed E-state index contributed by atoms with van der Waals surface area (Å²) in [5.41, 5.74) is 7.85. The number of hydrogen-bond donors (Lipinski definition) is 2. The predicted molar refractivity (Wildman–Crippen MR) is 125 cm³/mol. The van der Waals surface area contributed by atoms with Crippen LogP contribution >= 0.6 is 0 Å². The third kappa shape index (κ3) is 5.58. The van der Waals surface area contributed by atoms with Crippen molar-refractivity contribution >= 4 is 35.1 Å². The fourth-order valence-electron chi connectivity index (χ4n) is 3.75. The molecule has 8 nitrogen and oxygen atoms in total. The molecule has 2 aromatic carbocycles. The van der Waals surface area contributed by atoms with Crippen LogP contribution in [0.25, 0.3) is 0 Å². The van der Waals surface area contributed by atoms with E-state index in [0.29, 0.717) is 11.3 Å². The molecule has 174 valence electrons. The van der Waals surface area contributed by atoms with Gasteiger partial charge in [0.25, 0.3) is 5.91 Å². The van der Waals surface area contributed by atoms with E-state index in [1.165, 1.54) is 31.2 Å². The van der Waals surface area contributed by atoms with Crippen molar-refractivity contribution in [1.82, 2.24) is 0 Å². The van der Waals surface area contributed by atoms with E-state index in [4.69, 9.17) is 10.5 Å². The number of para-hydroxylation sites is 1. The molecule has 0 spiro atoms. The molecule has 0 aromatic heterocycles. The Bertz CT molecular complexity index is 1050. The third-order valence-electron chi connectivity index (χ3n) is 5.93. The molecule has 0 saturated carbocycles. The van der Waals surface area contributed by atoms with Gasteiger partial charge in [0, 0.05) is 29.9 Å². The Kier molecular flexibility index (Phi) is 7.48. The maximum Gasteiger partial charge on any atom is 0.312 e. The van der Waals surface area contributed by atoms with E-state index in [1.807, 2.05) is 24.3 Å². The van der Waals surface area contributed by atoms with Crippen LogP contribution in [0.15, 0.2) is 48.5 Å². The molecule has 33 heavy (non-hydrogen) atoms. The van der Waals surface area contributed by atoms with Crippen molar-refractivity contribution in [2.45, 2.75) is 45.6 Å². The smallest absolute Gasteiger partial charge is 0.312 e. The lowest BCUT2D eigenvalue weighted by Crippen LogP contribution is -2.33. The summed E-state index contributed by atoms with van der Waals surface area (Å²) in [5, 5.41) is 2.63. The number of carbonyl (C=O) groups excluding carboxylic acids is 4. The molecule has 0 aliphatic carbocycles. The average molecular weight is 452 g/mol. The zero-order valence-electron chi connectivity index (χ0n) is 19.0. The summed E-state index contributed by atoms with van der Waals surface area (Å²) < 4.78 is 5.36. The van der Waals surface area contributed by atoms with Crippen LogP contribution in [0.2, 0.25) is 0 Å².